The quantitative estimate of drug-likeness (QED) is 0.326. The van der Waals surface area contributed by atoms with Gasteiger partial charge in [0.05, 0.1) is 23.4 Å². The second-order valence-corrected chi connectivity index (χ2v) is 10.7. The molecule has 1 amide bonds. The summed E-state index contributed by atoms with van der Waals surface area (Å²) in [5.74, 6) is 0.745. The predicted molar refractivity (Wildman–Crippen MR) is 141 cm³/mol. The summed E-state index contributed by atoms with van der Waals surface area (Å²) in [5, 5.41) is 0. The third-order valence-corrected chi connectivity index (χ3v) is 6.17. The van der Waals surface area contributed by atoms with E-state index in [9.17, 15) is 14.4 Å². The van der Waals surface area contributed by atoms with E-state index in [2.05, 4.69) is 0 Å². The van der Waals surface area contributed by atoms with Gasteiger partial charge in [-0.1, -0.05) is 0 Å². The van der Waals surface area contributed by atoms with Crippen molar-refractivity contribution in [3.63, 3.8) is 0 Å². The SMILES string of the molecule is CC(=O)Oc1c(C)c(C)c2c(c1C)C(=O)CC(C)(COc1ccc(N)c(N(C)C(=O)OC(C)(C)C)c1)O2. The Morgan fingerprint density at radius 2 is 1.78 bits per heavy atom. The summed E-state index contributed by atoms with van der Waals surface area (Å²) in [5.41, 5.74) is 7.78. The number of Topliss-reactive ketones (excluding diaryl/α,β-unsaturated/α-hetero) is 1. The molecule has 2 aromatic carbocycles. The number of ketones is 1. The number of carbonyl (C=O) groups is 3. The summed E-state index contributed by atoms with van der Waals surface area (Å²) in [6.07, 6.45) is -0.474. The van der Waals surface area contributed by atoms with Gasteiger partial charge >= 0.3 is 12.1 Å². The number of esters is 1. The van der Waals surface area contributed by atoms with E-state index in [0.717, 1.165) is 11.1 Å². The van der Waals surface area contributed by atoms with Gasteiger partial charge in [-0.05, 0) is 71.7 Å². The zero-order valence-corrected chi connectivity index (χ0v) is 23.0. The van der Waals surface area contributed by atoms with Crippen molar-refractivity contribution in [2.24, 2.45) is 0 Å². The van der Waals surface area contributed by atoms with E-state index in [0.29, 0.717) is 39.8 Å². The number of rotatable bonds is 5. The van der Waals surface area contributed by atoms with Crippen LogP contribution >= 0.6 is 0 Å². The van der Waals surface area contributed by atoms with Crippen LogP contribution in [0, 0.1) is 20.8 Å². The minimum absolute atomic E-state index is 0.0704. The predicted octanol–water partition coefficient (Wildman–Crippen LogP) is 5.29. The zero-order valence-electron chi connectivity index (χ0n) is 23.0. The highest BCUT2D eigenvalue weighted by molar-refractivity contribution is 6.03. The number of carbonyl (C=O) groups excluding carboxylic acids is 3. The molecule has 0 saturated heterocycles. The molecule has 0 spiro atoms. The number of amides is 1. The largest absolute Gasteiger partial charge is 0.489 e. The van der Waals surface area contributed by atoms with Crippen LogP contribution in [0.25, 0.3) is 0 Å². The van der Waals surface area contributed by atoms with Crippen LogP contribution in [0.15, 0.2) is 18.2 Å². The van der Waals surface area contributed by atoms with Crippen molar-refractivity contribution in [3.05, 3.63) is 40.5 Å². The highest BCUT2D eigenvalue weighted by Crippen LogP contribution is 2.44. The lowest BCUT2D eigenvalue weighted by Crippen LogP contribution is -2.45. The van der Waals surface area contributed by atoms with E-state index in [1.807, 2.05) is 20.8 Å². The normalized spacial score (nSPS) is 16.9. The van der Waals surface area contributed by atoms with Crippen LogP contribution in [0.5, 0.6) is 17.2 Å². The Hall–Kier alpha value is -3.75. The van der Waals surface area contributed by atoms with Gasteiger partial charge in [0.25, 0.3) is 0 Å². The molecule has 0 aromatic heterocycles. The molecule has 37 heavy (non-hydrogen) atoms. The topological polar surface area (TPSA) is 117 Å². The van der Waals surface area contributed by atoms with Crippen molar-refractivity contribution in [2.45, 2.75) is 73.0 Å². The van der Waals surface area contributed by atoms with Gasteiger partial charge in [0.1, 0.15) is 35.1 Å². The van der Waals surface area contributed by atoms with E-state index in [4.69, 9.17) is 24.7 Å². The fourth-order valence-electron chi connectivity index (χ4n) is 4.21. The molecule has 1 aliphatic heterocycles. The number of fused-ring (bicyclic) bond motifs is 1. The van der Waals surface area contributed by atoms with Crippen LogP contribution in [0.3, 0.4) is 0 Å². The van der Waals surface area contributed by atoms with Crippen molar-refractivity contribution >= 4 is 29.2 Å². The van der Waals surface area contributed by atoms with Crippen LogP contribution in [-0.4, -0.2) is 42.7 Å². The first kappa shape index (κ1) is 27.8. The minimum atomic E-state index is -0.949. The Morgan fingerprint density at radius 1 is 1.14 bits per heavy atom. The highest BCUT2D eigenvalue weighted by atomic mass is 16.6. The number of ether oxygens (including phenoxy) is 4. The van der Waals surface area contributed by atoms with Gasteiger partial charge < -0.3 is 24.7 Å². The molecule has 1 atom stereocenters. The number of nitrogens with zero attached hydrogens (tertiary/aromatic N) is 1. The fourth-order valence-corrected chi connectivity index (χ4v) is 4.21. The highest BCUT2D eigenvalue weighted by Gasteiger charge is 2.40. The second kappa shape index (κ2) is 9.95. The monoisotopic (exact) mass is 512 g/mol. The number of anilines is 2. The zero-order chi connectivity index (χ0) is 27.9. The van der Waals surface area contributed by atoms with E-state index in [-0.39, 0.29) is 18.8 Å². The molecular weight excluding hydrogens is 476 g/mol. The van der Waals surface area contributed by atoms with Gasteiger partial charge in [-0.15, -0.1) is 0 Å². The van der Waals surface area contributed by atoms with Crippen molar-refractivity contribution in [2.75, 3.05) is 24.3 Å². The average Bonchev–Trinajstić information content (AvgIpc) is 2.77. The number of nitrogen functional groups attached to an aromatic ring is 1. The Kier molecular flexibility index (Phi) is 7.49. The summed E-state index contributed by atoms with van der Waals surface area (Å²) in [4.78, 5) is 38.7. The molecule has 2 N–H and O–H groups in total. The maximum Gasteiger partial charge on any atom is 0.414 e. The molecule has 200 valence electrons. The molecule has 0 radical (unpaired) electrons. The first-order valence-corrected chi connectivity index (χ1v) is 12.1. The molecule has 9 nitrogen and oxygen atoms in total. The molecule has 9 heteroatoms. The molecule has 1 unspecified atom stereocenters. The fraction of sp³-hybridized carbons (Fsp3) is 0.464. The van der Waals surface area contributed by atoms with Crippen LogP contribution in [0.2, 0.25) is 0 Å². The van der Waals surface area contributed by atoms with Gasteiger partial charge in [0, 0.05) is 25.6 Å². The summed E-state index contributed by atoms with van der Waals surface area (Å²) < 4.78 is 23.2. The lowest BCUT2D eigenvalue weighted by atomic mass is 9.86. The minimum Gasteiger partial charge on any atom is -0.489 e. The van der Waals surface area contributed by atoms with Gasteiger partial charge in [-0.25, -0.2) is 4.79 Å². The van der Waals surface area contributed by atoms with Crippen LogP contribution in [-0.2, 0) is 9.53 Å². The Balaban J connectivity index is 1.84. The second-order valence-electron chi connectivity index (χ2n) is 10.7. The van der Waals surface area contributed by atoms with Crippen molar-refractivity contribution in [1.29, 1.82) is 0 Å². The molecule has 1 aliphatic rings. The van der Waals surface area contributed by atoms with Crippen molar-refractivity contribution in [1.82, 2.24) is 0 Å². The molecule has 3 rings (SSSR count). The summed E-state index contributed by atoms with van der Waals surface area (Å²) in [7, 11) is 1.57. The number of hydrogen-bond donors (Lipinski definition) is 1. The average molecular weight is 513 g/mol. The third kappa shape index (κ3) is 5.98. The van der Waals surface area contributed by atoms with Crippen LogP contribution < -0.4 is 24.8 Å². The molecule has 2 aromatic rings. The van der Waals surface area contributed by atoms with Crippen LogP contribution in [0.4, 0.5) is 16.2 Å². The Morgan fingerprint density at radius 3 is 2.38 bits per heavy atom. The van der Waals surface area contributed by atoms with Crippen LogP contribution in [0.1, 0.15) is 68.1 Å². The summed E-state index contributed by atoms with van der Waals surface area (Å²) >= 11 is 0. The van der Waals surface area contributed by atoms with Crippen molar-refractivity contribution < 1.29 is 33.3 Å². The molecule has 0 fully saturated rings. The number of benzene rings is 2. The Bertz CT molecular complexity index is 1260. The Labute approximate surface area is 217 Å². The summed E-state index contributed by atoms with van der Waals surface area (Å²) in [6, 6.07) is 4.98. The molecule has 0 aliphatic carbocycles. The van der Waals surface area contributed by atoms with Gasteiger partial charge in [-0.2, -0.15) is 0 Å². The molecule has 0 bridgehead atoms. The molecule has 1 heterocycles. The van der Waals surface area contributed by atoms with Crippen molar-refractivity contribution in [3.8, 4) is 17.2 Å². The first-order chi connectivity index (χ1) is 17.0. The third-order valence-electron chi connectivity index (χ3n) is 6.17. The molecular formula is C28H36N2O7. The first-order valence-electron chi connectivity index (χ1n) is 12.1. The maximum atomic E-state index is 13.3. The smallest absolute Gasteiger partial charge is 0.414 e. The van der Waals surface area contributed by atoms with E-state index < -0.39 is 23.3 Å². The number of hydrogen-bond acceptors (Lipinski definition) is 8. The van der Waals surface area contributed by atoms with Gasteiger partial charge in [-0.3, -0.25) is 14.5 Å². The summed E-state index contributed by atoms with van der Waals surface area (Å²) in [6.45, 7) is 14.0. The van der Waals surface area contributed by atoms with E-state index in [1.54, 1.807) is 52.9 Å². The number of nitrogens with two attached hydrogens (primary N) is 1. The lowest BCUT2D eigenvalue weighted by molar-refractivity contribution is -0.132. The molecule has 0 saturated carbocycles. The van der Waals surface area contributed by atoms with E-state index >= 15 is 0 Å². The van der Waals surface area contributed by atoms with Gasteiger partial charge in [0.2, 0.25) is 0 Å². The maximum absolute atomic E-state index is 13.3. The van der Waals surface area contributed by atoms with Gasteiger partial charge in [0.15, 0.2) is 5.78 Å². The standard InChI is InChI=1S/C28H36N2O7/c1-15-16(2)25-23(17(3)24(15)35-18(4)31)22(32)13-28(8,36-25)14-34-19-10-11-20(29)21(12-19)30(9)26(33)37-27(5,6)7/h10-12H,13-14,29H2,1-9H3. The lowest BCUT2D eigenvalue weighted by Gasteiger charge is -2.37. The van der Waals surface area contributed by atoms with E-state index in [1.165, 1.54) is 11.8 Å².